The molecule has 0 spiro atoms. The van der Waals surface area contributed by atoms with Crippen molar-refractivity contribution < 1.29 is 24.4 Å². The second kappa shape index (κ2) is 10.9. The quantitative estimate of drug-likeness (QED) is 0.204. The number of imidazole rings is 2. The maximum absolute atomic E-state index is 14.6. The highest BCUT2D eigenvalue weighted by atomic mass is 79.9. The number of aliphatic hydroxyl groups is 2. The average Bonchev–Trinajstić information content (AvgIpc) is 3.37. The lowest BCUT2D eigenvalue weighted by Gasteiger charge is -2.20. The van der Waals surface area contributed by atoms with E-state index in [-0.39, 0.29) is 24.1 Å². The predicted molar refractivity (Wildman–Crippen MR) is 140 cm³/mol. The van der Waals surface area contributed by atoms with Crippen LogP contribution in [0.5, 0.6) is 11.6 Å². The first-order valence-corrected chi connectivity index (χ1v) is 12.5. The fraction of sp³-hybridized carbons (Fsp3) is 0.308. The molecule has 2 aromatic carbocycles. The van der Waals surface area contributed by atoms with E-state index in [1.54, 1.807) is 43.3 Å². The van der Waals surface area contributed by atoms with Gasteiger partial charge in [-0.1, -0.05) is 29.8 Å². The number of aliphatic hydroxyl groups excluding tert-OH is 2. The van der Waals surface area contributed by atoms with Crippen molar-refractivity contribution in [1.82, 2.24) is 19.5 Å². The van der Waals surface area contributed by atoms with Crippen molar-refractivity contribution >= 4 is 15.9 Å². The number of ether oxygens (including phenoxy) is 1. The van der Waals surface area contributed by atoms with E-state index in [1.165, 1.54) is 10.6 Å². The first-order valence-electron chi connectivity index (χ1n) is 11.7. The Morgan fingerprint density at radius 3 is 2.49 bits per heavy atom. The van der Waals surface area contributed by atoms with Crippen molar-refractivity contribution in [3.8, 4) is 34.1 Å². The Morgan fingerprint density at radius 1 is 1.16 bits per heavy atom. The number of rotatable bonds is 9. The molecule has 0 saturated heterocycles. The van der Waals surface area contributed by atoms with Crippen LogP contribution in [0, 0.1) is 18.7 Å². The lowest BCUT2D eigenvalue weighted by Crippen LogP contribution is -2.27. The molecule has 0 radical (unpaired) electrons. The van der Waals surface area contributed by atoms with Gasteiger partial charge in [-0.3, -0.25) is 4.57 Å². The minimum atomic E-state index is -0.993. The van der Waals surface area contributed by atoms with E-state index in [4.69, 9.17) is 9.84 Å². The molecule has 2 atom stereocenters. The molecule has 0 saturated carbocycles. The third-order valence-corrected chi connectivity index (χ3v) is 6.47. The second-order valence-corrected chi connectivity index (χ2v) is 9.99. The van der Waals surface area contributed by atoms with Crippen LogP contribution in [-0.2, 0) is 0 Å². The fourth-order valence-electron chi connectivity index (χ4n) is 4.17. The number of benzene rings is 2. The fourth-order valence-corrected chi connectivity index (χ4v) is 4.50. The van der Waals surface area contributed by atoms with Crippen LogP contribution in [0.3, 0.4) is 0 Å². The van der Waals surface area contributed by atoms with Gasteiger partial charge in [-0.15, -0.1) is 0 Å². The Hall–Kier alpha value is -3.41. The average molecular weight is 575 g/mol. The molecule has 11 heteroatoms. The van der Waals surface area contributed by atoms with Gasteiger partial charge in [-0.2, -0.15) is 0 Å². The number of H-pyrrole nitrogens is 2. The Labute approximate surface area is 220 Å². The van der Waals surface area contributed by atoms with Crippen LogP contribution in [0.2, 0.25) is 0 Å². The normalized spacial score (nSPS) is 13.2. The standard InChI is InChI=1S/C26H28BrFN4O5/c1-13(2)23(24-29-14(3)21(30-24)19-9-6-16(27)10-20(19)28)32-25(35)22(31-26(32)36)15-4-7-18(8-5-15)37-12-17(34)11-33/h4-10,13,17,23,33-35H,11-12H2,1-3H3,(H,29,30)(H,31,36)/t17-,23+/m1/s1. The number of hydrogen-bond donors (Lipinski definition) is 5. The van der Waals surface area contributed by atoms with Crippen molar-refractivity contribution in [2.75, 3.05) is 13.2 Å². The lowest BCUT2D eigenvalue weighted by atomic mass is 10.0. The van der Waals surface area contributed by atoms with Gasteiger partial charge in [-0.25, -0.2) is 14.2 Å². The van der Waals surface area contributed by atoms with E-state index in [0.29, 0.717) is 38.6 Å². The predicted octanol–water partition coefficient (Wildman–Crippen LogP) is 4.13. The first kappa shape index (κ1) is 26.6. The number of aromatic nitrogens is 4. The molecule has 0 aliphatic rings. The molecular weight excluding hydrogens is 547 g/mol. The van der Waals surface area contributed by atoms with Gasteiger partial charge in [0.05, 0.1) is 12.3 Å². The molecule has 196 valence electrons. The monoisotopic (exact) mass is 574 g/mol. The van der Waals surface area contributed by atoms with E-state index in [2.05, 4.69) is 30.9 Å². The van der Waals surface area contributed by atoms with Crippen molar-refractivity contribution in [1.29, 1.82) is 0 Å². The highest BCUT2D eigenvalue weighted by Gasteiger charge is 2.29. The summed E-state index contributed by atoms with van der Waals surface area (Å²) in [6, 6.07) is 10.6. The molecule has 4 rings (SSSR count). The van der Waals surface area contributed by atoms with E-state index in [0.717, 1.165) is 0 Å². The molecule has 4 aromatic rings. The number of nitrogens with one attached hydrogen (secondary N) is 2. The van der Waals surface area contributed by atoms with E-state index >= 15 is 0 Å². The second-order valence-electron chi connectivity index (χ2n) is 9.08. The van der Waals surface area contributed by atoms with Gasteiger partial charge in [0.1, 0.15) is 41.8 Å². The number of aryl methyl sites for hydroxylation is 1. The van der Waals surface area contributed by atoms with Gasteiger partial charge in [0.2, 0.25) is 5.88 Å². The van der Waals surface area contributed by atoms with Gasteiger partial charge in [0.25, 0.3) is 0 Å². The smallest absolute Gasteiger partial charge is 0.329 e. The van der Waals surface area contributed by atoms with Crippen molar-refractivity contribution in [2.45, 2.75) is 32.9 Å². The minimum Gasteiger partial charge on any atom is -0.493 e. The molecule has 0 fully saturated rings. The highest BCUT2D eigenvalue weighted by Crippen LogP contribution is 2.35. The van der Waals surface area contributed by atoms with Crippen molar-refractivity contribution in [2.24, 2.45) is 5.92 Å². The summed E-state index contributed by atoms with van der Waals surface area (Å²) in [5, 5.41) is 29.5. The molecule has 5 N–H and O–H groups in total. The van der Waals surface area contributed by atoms with Crippen LogP contribution in [0.15, 0.2) is 51.7 Å². The number of halogens is 2. The zero-order valence-electron chi connectivity index (χ0n) is 20.5. The van der Waals surface area contributed by atoms with Crippen molar-refractivity contribution in [3.63, 3.8) is 0 Å². The van der Waals surface area contributed by atoms with Gasteiger partial charge < -0.3 is 30.0 Å². The maximum Gasteiger partial charge on any atom is 0.329 e. The molecule has 0 amide bonds. The topological polar surface area (TPSA) is 136 Å². The van der Waals surface area contributed by atoms with Gasteiger partial charge in [0.15, 0.2) is 0 Å². The van der Waals surface area contributed by atoms with Crippen molar-refractivity contribution in [3.05, 3.63) is 74.8 Å². The number of aromatic hydroxyl groups is 1. The summed E-state index contributed by atoms with van der Waals surface area (Å²) in [4.78, 5) is 23.6. The summed E-state index contributed by atoms with van der Waals surface area (Å²) in [6.45, 7) is 5.09. The lowest BCUT2D eigenvalue weighted by molar-refractivity contribution is 0.0536. The first-order chi connectivity index (χ1) is 17.6. The molecule has 0 aliphatic heterocycles. The Balaban J connectivity index is 1.69. The van der Waals surface area contributed by atoms with Crippen LogP contribution in [-0.4, -0.2) is 54.2 Å². The van der Waals surface area contributed by atoms with Crippen LogP contribution >= 0.6 is 15.9 Å². The number of nitrogens with zero attached hydrogens (tertiary/aromatic N) is 2. The molecule has 0 bridgehead atoms. The molecular formula is C26H28BrFN4O5. The summed E-state index contributed by atoms with van der Waals surface area (Å²) >= 11 is 3.26. The molecule has 9 nitrogen and oxygen atoms in total. The van der Waals surface area contributed by atoms with E-state index in [9.17, 15) is 19.4 Å². The van der Waals surface area contributed by atoms with Crippen LogP contribution in [0.25, 0.3) is 22.5 Å². The number of aromatic amines is 2. The van der Waals surface area contributed by atoms with E-state index in [1.807, 2.05) is 13.8 Å². The summed E-state index contributed by atoms with van der Waals surface area (Å²) < 4.78 is 21.9. The summed E-state index contributed by atoms with van der Waals surface area (Å²) in [5.74, 6) is 0.0156. The van der Waals surface area contributed by atoms with Crippen LogP contribution in [0.1, 0.15) is 31.4 Å². The minimum absolute atomic E-state index is 0.0704. The SMILES string of the molecule is Cc1[nH]c([C@H](C(C)C)n2c(O)c(-c3ccc(OC[C@H](O)CO)cc3)[nH]c2=O)nc1-c1ccc(Br)cc1F. The zero-order chi connectivity index (χ0) is 26.9. The third-order valence-electron chi connectivity index (χ3n) is 5.98. The van der Waals surface area contributed by atoms with Crippen LogP contribution in [0.4, 0.5) is 4.39 Å². The largest absolute Gasteiger partial charge is 0.493 e. The highest BCUT2D eigenvalue weighted by molar-refractivity contribution is 9.10. The summed E-state index contributed by atoms with van der Waals surface area (Å²) in [6.07, 6.45) is -0.993. The Bertz CT molecular complexity index is 1440. The zero-order valence-corrected chi connectivity index (χ0v) is 22.1. The molecule has 2 aromatic heterocycles. The van der Waals surface area contributed by atoms with Gasteiger partial charge in [0, 0.05) is 21.3 Å². The molecule has 2 heterocycles. The molecule has 0 aliphatic carbocycles. The number of hydrogen-bond acceptors (Lipinski definition) is 6. The van der Waals surface area contributed by atoms with Gasteiger partial charge in [-0.05, 0) is 55.3 Å². The van der Waals surface area contributed by atoms with Crippen LogP contribution < -0.4 is 10.4 Å². The summed E-state index contributed by atoms with van der Waals surface area (Å²) in [5.41, 5.74) is 1.62. The Kier molecular flexibility index (Phi) is 7.86. The Morgan fingerprint density at radius 2 is 1.86 bits per heavy atom. The third kappa shape index (κ3) is 5.48. The van der Waals surface area contributed by atoms with Gasteiger partial charge >= 0.3 is 5.69 Å². The van der Waals surface area contributed by atoms with E-state index < -0.39 is 30.3 Å². The maximum atomic E-state index is 14.6. The molecule has 37 heavy (non-hydrogen) atoms. The molecule has 0 unspecified atom stereocenters. The summed E-state index contributed by atoms with van der Waals surface area (Å²) in [7, 11) is 0.